The summed E-state index contributed by atoms with van der Waals surface area (Å²) in [7, 11) is 0. The van der Waals surface area contributed by atoms with Gasteiger partial charge in [0.2, 0.25) is 0 Å². The third-order valence-corrected chi connectivity index (χ3v) is 5.71. The molecule has 4 rings (SSSR count). The molecule has 32 heavy (non-hydrogen) atoms. The van der Waals surface area contributed by atoms with Crippen molar-refractivity contribution in [2.24, 2.45) is 0 Å². The molecule has 0 bridgehead atoms. The van der Waals surface area contributed by atoms with E-state index in [2.05, 4.69) is 15.6 Å². The highest BCUT2D eigenvalue weighted by molar-refractivity contribution is 7.12. The van der Waals surface area contributed by atoms with Crippen molar-refractivity contribution in [1.82, 2.24) is 4.98 Å². The number of thiophene rings is 1. The minimum Gasteiger partial charge on any atom is -0.455 e. The highest BCUT2D eigenvalue weighted by Gasteiger charge is 2.14. The number of ether oxygens (including phenoxy) is 1. The number of carbonyl (C=O) groups excluding carboxylic acids is 2. The van der Waals surface area contributed by atoms with E-state index >= 15 is 0 Å². The highest BCUT2D eigenvalue weighted by Crippen LogP contribution is 2.28. The van der Waals surface area contributed by atoms with Gasteiger partial charge in [-0.3, -0.25) is 14.6 Å². The molecular formula is C24H18ClN3O3S. The molecule has 0 aliphatic rings. The van der Waals surface area contributed by atoms with E-state index in [9.17, 15) is 9.59 Å². The number of hydrogen-bond donors (Lipinski definition) is 2. The molecule has 4 aromatic rings. The first kappa shape index (κ1) is 21.5. The summed E-state index contributed by atoms with van der Waals surface area (Å²) in [6, 6.07) is 17.2. The third kappa shape index (κ3) is 5.14. The smallest absolute Gasteiger partial charge is 0.265 e. The molecule has 0 saturated carbocycles. The van der Waals surface area contributed by atoms with Gasteiger partial charge in [0.1, 0.15) is 11.5 Å². The van der Waals surface area contributed by atoms with Crippen LogP contribution in [-0.2, 0) is 0 Å². The summed E-state index contributed by atoms with van der Waals surface area (Å²) in [5.41, 5.74) is 2.20. The molecule has 2 heterocycles. The van der Waals surface area contributed by atoms with Crippen LogP contribution in [0.3, 0.4) is 0 Å². The fraction of sp³-hybridized carbons (Fsp3) is 0.0417. The van der Waals surface area contributed by atoms with Gasteiger partial charge in [0, 0.05) is 17.4 Å². The van der Waals surface area contributed by atoms with Crippen LogP contribution >= 0.6 is 22.9 Å². The second-order valence-electron chi connectivity index (χ2n) is 6.85. The Morgan fingerprint density at radius 2 is 1.88 bits per heavy atom. The molecule has 0 spiro atoms. The van der Waals surface area contributed by atoms with Crippen molar-refractivity contribution in [2.75, 3.05) is 10.6 Å². The van der Waals surface area contributed by atoms with Crippen molar-refractivity contribution in [3.63, 3.8) is 0 Å². The summed E-state index contributed by atoms with van der Waals surface area (Å²) in [4.78, 5) is 29.7. The van der Waals surface area contributed by atoms with Gasteiger partial charge in [-0.1, -0.05) is 17.7 Å². The quantitative estimate of drug-likeness (QED) is 0.346. The summed E-state index contributed by atoms with van der Waals surface area (Å²) >= 11 is 7.53. The number of anilines is 2. The zero-order chi connectivity index (χ0) is 22.5. The average molecular weight is 464 g/mol. The molecule has 0 atom stereocenters. The van der Waals surface area contributed by atoms with E-state index in [1.54, 1.807) is 60.9 Å². The Bertz CT molecular complexity index is 1260. The van der Waals surface area contributed by atoms with Crippen LogP contribution in [0.25, 0.3) is 0 Å². The van der Waals surface area contributed by atoms with Gasteiger partial charge >= 0.3 is 0 Å². The molecule has 160 valence electrons. The van der Waals surface area contributed by atoms with Crippen molar-refractivity contribution in [3.05, 3.63) is 99.5 Å². The summed E-state index contributed by atoms with van der Waals surface area (Å²) in [5.74, 6) is 0.694. The SMILES string of the molecule is Cc1cc(NC(=O)c2ccc(Cl)c(NC(=O)c3cccs3)c2)ccc1Oc1cccnc1. The lowest BCUT2D eigenvalue weighted by molar-refractivity contribution is 0.101. The molecular weight excluding hydrogens is 446 g/mol. The van der Waals surface area contributed by atoms with Gasteiger partial charge < -0.3 is 15.4 Å². The summed E-state index contributed by atoms with van der Waals surface area (Å²) in [6.45, 7) is 1.89. The Labute approximate surface area is 193 Å². The lowest BCUT2D eigenvalue weighted by Gasteiger charge is -2.12. The largest absolute Gasteiger partial charge is 0.455 e. The number of pyridine rings is 1. The summed E-state index contributed by atoms with van der Waals surface area (Å²) < 4.78 is 5.82. The second-order valence-corrected chi connectivity index (χ2v) is 8.21. The van der Waals surface area contributed by atoms with E-state index in [-0.39, 0.29) is 11.8 Å². The number of hydrogen-bond acceptors (Lipinski definition) is 5. The van der Waals surface area contributed by atoms with Gasteiger partial charge in [-0.05, 0) is 72.5 Å². The molecule has 0 fully saturated rings. The second kappa shape index (κ2) is 9.64. The van der Waals surface area contributed by atoms with Gasteiger partial charge in [0.05, 0.1) is 21.8 Å². The first-order valence-electron chi connectivity index (χ1n) is 9.64. The molecule has 0 saturated heterocycles. The van der Waals surface area contributed by atoms with Gasteiger partial charge in [0.25, 0.3) is 11.8 Å². The minimum absolute atomic E-state index is 0.278. The molecule has 2 N–H and O–H groups in total. The van der Waals surface area contributed by atoms with E-state index < -0.39 is 0 Å². The lowest BCUT2D eigenvalue weighted by Crippen LogP contribution is -2.14. The number of nitrogens with zero attached hydrogens (tertiary/aromatic N) is 1. The number of rotatable bonds is 6. The standard InChI is InChI=1S/C24H18ClN3O3S/c1-15-12-17(7-9-21(15)31-18-4-2-10-26-14-18)27-23(29)16-6-8-19(25)20(13-16)28-24(30)22-5-3-11-32-22/h2-14H,1H3,(H,27,29)(H,28,30). The third-order valence-electron chi connectivity index (χ3n) is 4.52. The van der Waals surface area contributed by atoms with Crippen molar-refractivity contribution in [2.45, 2.75) is 6.92 Å². The maximum Gasteiger partial charge on any atom is 0.265 e. The highest BCUT2D eigenvalue weighted by atomic mass is 35.5. The molecule has 8 heteroatoms. The number of benzene rings is 2. The van der Waals surface area contributed by atoms with Crippen LogP contribution in [0, 0.1) is 6.92 Å². The normalized spacial score (nSPS) is 10.4. The average Bonchev–Trinajstić information content (AvgIpc) is 3.33. The topological polar surface area (TPSA) is 80.3 Å². The summed E-state index contributed by atoms with van der Waals surface area (Å²) in [6.07, 6.45) is 3.30. The number of amides is 2. The van der Waals surface area contributed by atoms with E-state index in [1.807, 2.05) is 24.4 Å². The Morgan fingerprint density at radius 1 is 1.00 bits per heavy atom. The van der Waals surface area contributed by atoms with Crippen molar-refractivity contribution >= 4 is 46.1 Å². The van der Waals surface area contributed by atoms with E-state index in [4.69, 9.17) is 16.3 Å². The van der Waals surface area contributed by atoms with Crippen LogP contribution < -0.4 is 15.4 Å². The van der Waals surface area contributed by atoms with Crippen LogP contribution in [0.4, 0.5) is 11.4 Å². The Balaban J connectivity index is 1.46. The van der Waals surface area contributed by atoms with Crippen LogP contribution in [0.5, 0.6) is 11.5 Å². The van der Waals surface area contributed by atoms with Crippen molar-refractivity contribution in [1.29, 1.82) is 0 Å². The number of aromatic nitrogens is 1. The van der Waals surface area contributed by atoms with E-state index in [1.165, 1.54) is 11.3 Å². The lowest BCUT2D eigenvalue weighted by atomic mass is 10.1. The van der Waals surface area contributed by atoms with Gasteiger partial charge in [-0.2, -0.15) is 0 Å². The predicted molar refractivity (Wildman–Crippen MR) is 127 cm³/mol. The van der Waals surface area contributed by atoms with Crippen LogP contribution in [0.2, 0.25) is 5.02 Å². The van der Waals surface area contributed by atoms with Crippen LogP contribution in [0.15, 0.2) is 78.4 Å². The Kier molecular flexibility index (Phi) is 6.49. The maximum atomic E-state index is 12.8. The molecule has 0 aliphatic carbocycles. The Hall–Kier alpha value is -3.68. The predicted octanol–water partition coefficient (Wildman–Crippen LogP) is 6.40. The maximum absolute atomic E-state index is 12.8. The first-order valence-corrected chi connectivity index (χ1v) is 10.9. The first-order chi connectivity index (χ1) is 15.5. The van der Waals surface area contributed by atoms with E-state index in [0.717, 1.165) is 5.56 Å². The number of carbonyl (C=O) groups is 2. The van der Waals surface area contributed by atoms with Crippen molar-refractivity contribution in [3.8, 4) is 11.5 Å². The summed E-state index contributed by atoms with van der Waals surface area (Å²) in [5, 5.41) is 7.77. The molecule has 2 aromatic heterocycles. The number of aryl methyl sites for hydroxylation is 1. The Morgan fingerprint density at radius 3 is 2.59 bits per heavy atom. The van der Waals surface area contributed by atoms with Crippen molar-refractivity contribution < 1.29 is 14.3 Å². The molecule has 2 amide bonds. The fourth-order valence-corrected chi connectivity index (χ4v) is 3.72. The van der Waals surface area contributed by atoms with Crippen LogP contribution in [0.1, 0.15) is 25.6 Å². The van der Waals surface area contributed by atoms with Crippen LogP contribution in [-0.4, -0.2) is 16.8 Å². The van der Waals surface area contributed by atoms with Gasteiger partial charge in [-0.15, -0.1) is 11.3 Å². The fourth-order valence-electron chi connectivity index (χ4n) is 2.93. The van der Waals surface area contributed by atoms with Gasteiger partial charge in [-0.25, -0.2) is 0 Å². The molecule has 0 radical (unpaired) electrons. The minimum atomic E-state index is -0.325. The number of nitrogens with one attached hydrogen (secondary N) is 2. The molecule has 0 unspecified atom stereocenters. The zero-order valence-electron chi connectivity index (χ0n) is 17.0. The molecule has 6 nitrogen and oxygen atoms in total. The van der Waals surface area contributed by atoms with E-state index in [0.29, 0.717) is 38.3 Å². The zero-order valence-corrected chi connectivity index (χ0v) is 18.5. The monoisotopic (exact) mass is 463 g/mol. The van der Waals surface area contributed by atoms with Gasteiger partial charge in [0.15, 0.2) is 0 Å². The number of halogens is 1. The molecule has 0 aliphatic heterocycles. The molecule has 2 aromatic carbocycles.